The van der Waals surface area contributed by atoms with Gasteiger partial charge < -0.3 is 4.90 Å². The van der Waals surface area contributed by atoms with Crippen LogP contribution in [0.4, 0.5) is 10.1 Å². The molecular formula is C24H25FN2O3. The van der Waals surface area contributed by atoms with Crippen molar-refractivity contribution in [1.29, 1.82) is 0 Å². The van der Waals surface area contributed by atoms with Gasteiger partial charge in [-0.3, -0.25) is 14.4 Å². The predicted molar refractivity (Wildman–Crippen MR) is 112 cm³/mol. The summed E-state index contributed by atoms with van der Waals surface area (Å²) in [6.45, 7) is 1.87. The van der Waals surface area contributed by atoms with Crippen LogP contribution >= 0.6 is 0 Å². The molecule has 0 N–H and O–H groups in total. The molecule has 6 heteroatoms. The molecule has 0 radical (unpaired) electrons. The number of rotatable bonds is 4. The van der Waals surface area contributed by atoms with E-state index in [1.807, 2.05) is 25.1 Å². The third-order valence-electron chi connectivity index (χ3n) is 6.12. The van der Waals surface area contributed by atoms with E-state index in [2.05, 4.69) is 0 Å². The summed E-state index contributed by atoms with van der Waals surface area (Å²) in [4.78, 5) is 42.4. The number of halogens is 1. The number of aryl methyl sites for hydroxylation is 1. The van der Waals surface area contributed by atoms with Crippen molar-refractivity contribution in [2.45, 2.75) is 57.5 Å². The van der Waals surface area contributed by atoms with Crippen LogP contribution in [-0.2, 0) is 9.59 Å². The molecular weight excluding hydrogens is 383 g/mol. The summed E-state index contributed by atoms with van der Waals surface area (Å²) in [6.07, 6.45) is 4.71. The number of hydrogen-bond acceptors (Lipinski definition) is 3. The lowest BCUT2D eigenvalue weighted by molar-refractivity contribution is -0.123. The lowest BCUT2D eigenvalue weighted by Gasteiger charge is -2.37. The Hall–Kier alpha value is -3.02. The molecule has 5 nitrogen and oxygen atoms in total. The van der Waals surface area contributed by atoms with Crippen LogP contribution in [0.2, 0.25) is 0 Å². The van der Waals surface area contributed by atoms with Gasteiger partial charge >= 0.3 is 0 Å². The molecule has 3 amide bonds. The molecule has 0 spiro atoms. The molecule has 1 unspecified atom stereocenters. The summed E-state index contributed by atoms with van der Waals surface area (Å²) >= 11 is 0. The van der Waals surface area contributed by atoms with E-state index in [1.165, 1.54) is 24.3 Å². The maximum atomic E-state index is 13.6. The second kappa shape index (κ2) is 8.38. The van der Waals surface area contributed by atoms with E-state index in [9.17, 15) is 18.8 Å². The number of hydrogen-bond donors (Lipinski definition) is 0. The van der Waals surface area contributed by atoms with Crippen LogP contribution < -0.4 is 4.90 Å². The molecule has 30 heavy (non-hydrogen) atoms. The SMILES string of the molecule is Cc1ccccc1C(=O)N(C1CCCCC1)C1CC(=O)N(c2ccc(F)cc2)C1=O. The average molecular weight is 408 g/mol. The number of carbonyl (C=O) groups excluding carboxylic acids is 3. The van der Waals surface area contributed by atoms with Crippen LogP contribution in [0.25, 0.3) is 0 Å². The first-order valence-corrected chi connectivity index (χ1v) is 10.5. The Morgan fingerprint density at radius 1 is 1.00 bits per heavy atom. The van der Waals surface area contributed by atoms with Crippen molar-refractivity contribution < 1.29 is 18.8 Å². The largest absolute Gasteiger partial charge is 0.323 e. The third kappa shape index (κ3) is 3.74. The highest BCUT2D eigenvalue weighted by atomic mass is 19.1. The minimum absolute atomic E-state index is 0.0513. The second-order valence-corrected chi connectivity index (χ2v) is 8.08. The van der Waals surface area contributed by atoms with E-state index in [-0.39, 0.29) is 24.3 Å². The summed E-state index contributed by atoms with van der Waals surface area (Å²) in [7, 11) is 0. The first-order chi connectivity index (χ1) is 14.5. The van der Waals surface area contributed by atoms with Gasteiger partial charge in [-0.25, -0.2) is 9.29 Å². The molecule has 2 aliphatic rings. The van der Waals surface area contributed by atoms with Gasteiger partial charge in [-0.2, -0.15) is 0 Å². The molecule has 1 saturated carbocycles. The smallest absolute Gasteiger partial charge is 0.257 e. The Morgan fingerprint density at radius 3 is 2.33 bits per heavy atom. The molecule has 1 heterocycles. The van der Waals surface area contributed by atoms with Gasteiger partial charge in [0.05, 0.1) is 12.1 Å². The van der Waals surface area contributed by atoms with Gasteiger partial charge in [0.1, 0.15) is 11.9 Å². The quantitative estimate of drug-likeness (QED) is 0.711. The summed E-state index contributed by atoms with van der Waals surface area (Å²) in [5, 5.41) is 0. The maximum Gasteiger partial charge on any atom is 0.257 e. The van der Waals surface area contributed by atoms with Crippen molar-refractivity contribution in [2.75, 3.05) is 4.90 Å². The number of anilines is 1. The zero-order valence-corrected chi connectivity index (χ0v) is 17.0. The Morgan fingerprint density at radius 2 is 1.67 bits per heavy atom. The summed E-state index contributed by atoms with van der Waals surface area (Å²) in [6, 6.07) is 11.7. The number of benzene rings is 2. The molecule has 2 fully saturated rings. The van der Waals surface area contributed by atoms with Crippen molar-refractivity contribution in [3.63, 3.8) is 0 Å². The van der Waals surface area contributed by atoms with E-state index in [1.54, 1.807) is 11.0 Å². The van der Waals surface area contributed by atoms with Gasteiger partial charge in [-0.05, 0) is 55.7 Å². The van der Waals surface area contributed by atoms with Crippen LogP contribution in [0.5, 0.6) is 0 Å². The van der Waals surface area contributed by atoms with Crippen LogP contribution in [0, 0.1) is 12.7 Å². The van der Waals surface area contributed by atoms with Crippen molar-refractivity contribution in [1.82, 2.24) is 4.90 Å². The summed E-state index contributed by atoms with van der Waals surface area (Å²) < 4.78 is 13.3. The molecule has 2 aromatic carbocycles. The molecule has 4 rings (SSSR count). The minimum Gasteiger partial charge on any atom is -0.323 e. The minimum atomic E-state index is -0.835. The van der Waals surface area contributed by atoms with Crippen molar-refractivity contribution in [3.8, 4) is 0 Å². The fourth-order valence-corrected chi connectivity index (χ4v) is 4.57. The van der Waals surface area contributed by atoms with Crippen LogP contribution in [-0.4, -0.2) is 34.7 Å². The summed E-state index contributed by atoms with van der Waals surface area (Å²) in [5.41, 5.74) is 1.74. The van der Waals surface area contributed by atoms with Crippen molar-refractivity contribution >= 4 is 23.4 Å². The van der Waals surface area contributed by atoms with Crippen LogP contribution in [0.1, 0.15) is 54.4 Å². The monoisotopic (exact) mass is 408 g/mol. The fourth-order valence-electron chi connectivity index (χ4n) is 4.57. The lowest BCUT2D eigenvalue weighted by Crippen LogP contribution is -2.51. The number of imide groups is 1. The number of nitrogens with zero attached hydrogens (tertiary/aromatic N) is 2. The highest BCUT2D eigenvalue weighted by molar-refractivity contribution is 6.23. The number of carbonyl (C=O) groups is 3. The normalized spacial score (nSPS) is 19.9. The van der Waals surface area contributed by atoms with Crippen LogP contribution in [0.3, 0.4) is 0 Å². The highest BCUT2D eigenvalue weighted by Gasteiger charge is 2.46. The lowest BCUT2D eigenvalue weighted by atomic mass is 9.91. The molecule has 1 aliphatic heterocycles. The summed E-state index contributed by atoms with van der Waals surface area (Å²) in [5.74, 6) is -1.42. The molecule has 1 saturated heterocycles. The molecule has 0 aromatic heterocycles. The van der Waals surface area contributed by atoms with E-state index >= 15 is 0 Å². The first-order valence-electron chi connectivity index (χ1n) is 10.5. The number of amides is 3. The van der Waals surface area contributed by atoms with Gasteiger partial charge in [-0.15, -0.1) is 0 Å². The maximum absolute atomic E-state index is 13.6. The third-order valence-corrected chi connectivity index (χ3v) is 6.12. The van der Waals surface area contributed by atoms with E-state index < -0.39 is 17.8 Å². The molecule has 0 bridgehead atoms. The van der Waals surface area contributed by atoms with Gasteiger partial charge in [0, 0.05) is 11.6 Å². The Kier molecular flexibility index (Phi) is 5.66. The Labute approximate surface area is 175 Å². The van der Waals surface area contributed by atoms with Gasteiger partial charge in [0.15, 0.2) is 0 Å². The van der Waals surface area contributed by atoms with Crippen molar-refractivity contribution in [2.24, 2.45) is 0 Å². The van der Waals surface area contributed by atoms with E-state index in [4.69, 9.17) is 0 Å². The highest BCUT2D eigenvalue weighted by Crippen LogP contribution is 2.32. The van der Waals surface area contributed by atoms with Gasteiger partial charge in [0.25, 0.3) is 11.8 Å². The van der Waals surface area contributed by atoms with E-state index in [0.29, 0.717) is 11.3 Å². The standard InChI is InChI=1S/C24H25FN2O3/c1-16-7-5-6-10-20(16)23(29)26(18-8-3-2-4-9-18)21-15-22(28)27(24(21)30)19-13-11-17(25)12-14-19/h5-7,10-14,18,21H,2-4,8-9,15H2,1H3. The molecule has 1 aliphatic carbocycles. The Balaban J connectivity index is 1.69. The molecule has 156 valence electrons. The zero-order chi connectivity index (χ0) is 21.3. The molecule has 2 aromatic rings. The van der Waals surface area contributed by atoms with Crippen molar-refractivity contribution in [3.05, 3.63) is 65.5 Å². The average Bonchev–Trinajstić information content (AvgIpc) is 3.04. The van der Waals surface area contributed by atoms with Gasteiger partial charge in [0.2, 0.25) is 5.91 Å². The van der Waals surface area contributed by atoms with Crippen LogP contribution in [0.15, 0.2) is 48.5 Å². The second-order valence-electron chi connectivity index (χ2n) is 8.08. The predicted octanol–water partition coefficient (Wildman–Crippen LogP) is 4.24. The van der Waals surface area contributed by atoms with Gasteiger partial charge in [-0.1, -0.05) is 37.5 Å². The van der Waals surface area contributed by atoms with E-state index in [0.717, 1.165) is 42.6 Å². The topological polar surface area (TPSA) is 57.7 Å². The fraction of sp³-hybridized carbons (Fsp3) is 0.375. The molecule has 1 atom stereocenters. The Bertz CT molecular complexity index is 967. The zero-order valence-electron chi connectivity index (χ0n) is 17.0. The first kappa shape index (κ1) is 20.3.